The maximum atomic E-state index is 10.8. The maximum Gasteiger partial charge on any atom is 0.414 e. The van der Waals surface area contributed by atoms with Crippen molar-refractivity contribution in [2.45, 2.75) is 32.1 Å². The van der Waals surface area contributed by atoms with Gasteiger partial charge < -0.3 is 19.6 Å². The third kappa shape index (κ3) is 3.09. The molecule has 1 unspecified atom stereocenters. The molecule has 1 atom stereocenters. The number of nitro groups is 1. The first-order valence-electron chi connectivity index (χ1n) is 7.08. The van der Waals surface area contributed by atoms with Gasteiger partial charge in [0.15, 0.2) is 0 Å². The third-order valence-corrected chi connectivity index (χ3v) is 3.65. The van der Waals surface area contributed by atoms with Gasteiger partial charge in [0.25, 0.3) is 0 Å². The molecular formula is C15H17N3O4. The zero-order valence-corrected chi connectivity index (χ0v) is 12.3. The van der Waals surface area contributed by atoms with Gasteiger partial charge >= 0.3 is 11.8 Å². The average molecular weight is 303 g/mol. The van der Waals surface area contributed by atoms with Crippen molar-refractivity contribution in [3.63, 3.8) is 0 Å². The van der Waals surface area contributed by atoms with Crippen LogP contribution in [0.15, 0.2) is 36.5 Å². The van der Waals surface area contributed by atoms with Crippen LogP contribution in [0.2, 0.25) is 0 Å². The summed E-state index contributed by atoms with van der Waals surface area (Å²) in [6.07, 6.45) is 2.11. The summed E-state index contributed by atoms with van der Waals surface area (Å²) in [5.41, 5.74) is 0.573. The van der Waals surface area contributed by atoms with Crippen molar-refractivity contribution in [2.75, 3.05) is 6.61 Å². The Kier molecular flexibility index (Phi) is 3.81. The number of benzene rings is 1. The second-order valence-electron chi connectivity index (χ2n) is 5.61. The summed E-state index contributed by atoms with van der Waals surface area (Å²) in [5.74, 6) is -0.190. The Bertz CT molecular complexity index is 671. The van der Waals surface area contributed by atoms with E-state index in [0.717, 1.165) is 5.56 Å². The molecule has 0 bridgehead atoms. The molecule has 2 aromatic rings. The van der Waals surface area contributed by atoms with Crippen LogP contribution in [0.25, 0.3) is 0 Å². The molecule has 1 aliphatic heterocycles. The van der Waals surface area contributed by atoms with Gasteiger partial charge in [0.2, 0.25) is 0 Å². The molecule has 0 spiro atoms. The number of imidazole rings is 1. The lowest BCUT2D eigenvalue weighted by Gasteiger charge is -2.32. The van der Waals surface area contributed by atoms with Gasteiger partial charge in [-0.2, -0.15) is 0 Å². The van der Waals surface area contributed by atoms with Gasteiger partial charge in [-0.3, -0.25) is 4.57 Å². The molecule has 0 radical (unpaired) electrons. The first-order valence-corrected chi connectivity index (χ1v) is 7.08. The van der Waals surface area contributed by atoms with E-state index in [2.05, 4.69) is 4.98 Å². The molecule has 7 nitrogen and oxygen atoms in total. The fourth-order valence-electron chi connectivity index (χ4n) is 2.40. The molecule has 0 saturated heterocycles. The van der Waals surface area contributed by atoms with Gasteiger partial charge in [-0.05, 0) is 17.4 Å². The van der Waals surface area contributed by atoms with Gasteiger partial charge in [-0.15, -0.1) is 0 Å². The van der Waals surface area contributed by atoms with Crippen LogP contribution in [0.4, 0.5) is 5.82 Å². The molecule has 116 valence electrons. The summed E-state index contributed by atoms with van der Waals surface area (Å²) in [6.45, 7) is 3.47. The second-order valence-corrected chi connectivity index (χ2v) is 5.61. The zero-order chi connectivity index (χ0) is 15.6. The fraction of sp³-hybridized carbons (Fsp3) is 0.400. The minimum Gasteiger partial charge on any atom is -0.437 e. The zero-order valence-electron chi connectivity index (χ0n) is 12.3. The smallest absolute Gasteiger partial charge is 0.414 e. The average Bonchev–Trinajstić information content (AvgIpc) is 2.91. The Morgan fingerprint density at radius 3 is 2.95 bits per heavy atom. The Balaban J connectivity index is 1.61. The van der Waals surface area contributed by atoms with Crippen LogP contribution in [-0.4, -0.2) is 26.7 Å². The normalized spacial score (nSPS) is 20.2. The standard InChI is InChI=1S/C15H17N3O4/c1-15(11-21-10-12-5-3-2-4-6-12)7-8-17-9-13(18(19)20)16-14(17)22-15/h2-6,9H,7-8,10-11H2,1H3. The quantitative estimate of drug-likeness (QED) is 0.626. The largest absolute Gasteiger partial charge is 0.437 e. The monoisotopic (exact) mass is 303 g/mol. The van der Waals surface area contributed by atoms with Gasteiger partial charge in [0, 0.05) is 17.9 Å². The van der Waals surface area contributed by atoms with Gasteiger partial charge in [0.05, 0.1) is 13.2 Å². The molecule has 1 aliphatic rings. The number of rotatable bonds is 5. The van der Waals surface area contributed by atoms with Crippen molar-refractivity contribution in [3.05, 3.63) is 52.2 Å². The van der Waals surface area contributed by atoms with Crippen LogP contribution in [0, 0.1) is 10.1 Å². The minimum absolute atomic E-state index is 0.190. The molecular weight excluding hydrogens is 286 g/mol. The molecule has 0 N–H and O–H groups in total. The lowest BCUT2D eigenvalue weighted by Crippen LogP contribution is -2.42. The molecule has 2 heterocycles. The molecule has 22 heavy (non-hydrogen) atoms. The van der Waals surface area contributed by atoms with Crippen molar-refractivity contribution >= 4 is 5.82 Å². The third-order valence-electron chi connectivity index (χ3n) is 3.65. The van der Waals surface area contributed by atoms with E-state index < -0.39 is 10.5 Å². The van der Waals surface area contributed by atoms with E-state index in [1.165, 1.54) is 6.20 Å². The van der Waals surface area contributed by atoms with E-state index >= 15 is 0 Å². The number of aromatic nitrogens is 2. The Morgan fingerprint density at radius 1 is 1.45 bits per heavy atom. The summed E-state index contributed by atoms with van der Waals surface area (Å²) in [6, 6.07) is 10.2. The van der Waals surface area contributed by atoms with E-state index in [1.807, 2.05) is 37.3 Å². The van der Waals surface area contributed by atoms with Crippen molar-refractivity contribution in [3.8, 4) is 6.01 Å². The van der Waals surface area contributed by atoms with E-state index in [1.54, 1.807) is 4.57 Å². The van der Waals surface area contributed by atoms with Crippen LogP contribution >= 0.6 is 0 Å². The lowest BCUT2D eigenvalue weighted by atomic mass is 10.0. The first kappa shape index (κ1) is 14.5. The molecule has 0 amide bonds. The van der Waals surface area contributed by atoms with Crippen molar-refractivity contribution in [1.29, 1.82) is 0 Å². The minimum atomic E-state index is -0.524. The molecule has 3 rings (SSSR count). The van der Waals surface area contributed by atoms with Crippen LogP contribution < -0.4 is 4.74 Å². The Hall–Kier alpha value is -2.41. The highest BCUT2D eigenvalue weighted by atomic mass is 16.6. The van der Waals surface area contributed by atoms with Gasteiger partial charge in [-0.1, -0.05) is 30.3 Å². The predicted octanol–water partition coefficient (Wildman–Crippen LogP) is 2.55. The van der Waals surface area contributed by atoms with E-state index in [0.29, 0.717) is 26.2 Å². The number of aryl methyl sites for hydroxylation is 1. The van der Waals surface area contributed by atoms with Crippen LogP contribution in [0.1, 0.15) is 18.9 Å². The topological polar surface area (TPSA) is 79.4 Å². The summed E-state index contributed by atoms with van der Waals surface area (Å²) >= 11 is 0. The summed E-state index contributed by atoms with van der Waals surface area (Å²) in [5, 5.41) is 10.8. The SMILES string of the molecule is CC1(COCc2ccccc2)CCn2cc([N+](=O)[O-])nc2O1. The lowest BCUT2D eigenvalue weighted by molar-refractivity contribution is -0.389. The Morgan fingerprint density at radius 2 is 2.23 bits per heavy atom. The number of nitrogens with zero attached hydrogens (tertiary/aromatic N) is 3. The number of hydrogen-bond donors (Lipinski definition) is 0. The number of ether oxygens (including phenoxy) is 2. The molecule has 7 heteroatoms. The van der Waals surface area contributed by atoms with E-state index in [4.69, 9.17) is 9.47 Å². The molecule has 1 aromatic heterocycles. The first-order chi connectivity index (χ1) is 10.6. The van der Waals surface area contributed by atoms with Crippen molar-refractivity contribution < 1.29 is 14.4 Å². The highest BCUT2D eigenvalue weighted by Crippen LogP contribution is 2.30. The fourth-order valence-corrected chi connectivity index (χ4v) is 2.40. The second kappa shape index (κ2) is 5.76. The van der Waals surface area contributed by atoms with Gasteiger partial charge in [-0.25, -0.2) is 0 Å². The van der Waals surface area contributed by atoms with E-state index in [-0.39, 0.29) is 11.8 Å². The molecule has 0 saturated carbocycles. The van der Waals surface area contributed by atoms with Crippen LogP contribution in [-0.2, 0) is 17.9 Å². The van der Waals surface area contributed by atoms with Gasteiger partial charge in [0.1, 0.15) is 11.8 Å². The van der Waals surface area contributed by atoms with Crippen molar-refractivity contribution in [2.24, 2.45) is 0 Å². The summed E-state index contributed by atoms with van der Waals surface area (Å²) in [4.78, 5) is 14.1. The highest BCUT2D eigenvalue weighted by molar-refractivity contribution is 5.22. The number of hydrogen-bond acceptors (Lipinski definition) is 5. The molecule has 0 aliphatic carbocycles. The van der Waals surface area contributed by atoms with Crippen molar-refractivity contribution in [1.82, 2.24) is 9.55 Å². The van der Waals surface area contributed by atoms with Crippen LogP contribution in [0.3, 0.4) is 0 Å². The summed E-state index contributed by atoms with van der Waals surface area (Å²) in [7, 11) is 0. The molecule has 0 fully saturated rings. The summed E-state index contributed by atoms with van der Waals surface area (Å²) < 4.78 is 13.2. The molecule has 1 aromatic carbocycles. The maximum absolute atomic E-state index is 10.8. The van der Waals surface area contributed by atoms with E-state index in [9.17, 15) is 10.1 Å². The predicted molar refractivity (Wildman–Crippen MR) is 78.6 cm³/mol. The van der Waals surface area contributed by atoms with Crippen LogP contribution in [0.5, 0.6) is 6.01 Å². The highest BCUT2D eigenvalue weighted by Gasteiger charge is 2.36. The number of fused-ring (bicyclic) bond motifs is 1. The Labute approximate surface area is 127 Å².